The van der Waals surface area contributed by atoms with Gasteiger partial charge in [0.2, 0.25) is 0 Å². The van der Waals surface area contributed by atoms with E-state index in [4.69, 9.17) is 4.74 Å². The van der Waals surface area contributed by atoms with Crippen LogP contribution in [0.3, 0.4) is 0 Å². The minimum absolute atomic E-state index is 0.113. The van der Waals surface area contributed by atoms with Crippen LogP contribution in [-0.2, 0) is 4.74 Å². The summed E-state index contributed by atoms with van der Waals surface area (Å²) in [6.45, 7) is 11.4. The van der Waals surface area contributed by atoms with Crippen LogP contribution < -0.4 is 0 Å². The molecule has 0 bridgehead atoms. The Morgan fingerprint density at radius 3 is 2.70 bits per heavy atom. The van der Waals surface area contributed by atoms with Crippen molar-refractivity contribution in [3.8, 4) is 0 Å². The van der Waals surface area contributed by atoms with Gasteiger partial charge in [-0.15, -0.1) is 0 Å². The van der Waals surface area contributed by atoms with Gasteiger partial charge in [0, 0.05) is 6.42 Å². The predicted octanol–water partition coefficient (Wildman–Crippen LogP) is 4.62. The summed E-state index contributed by atoms with van der Waals surface area (Å²) in [5, 5.41) is 30.6. The van der Waals surface area contributed by atoms with Crippen LogP contribution >= 0.6 is 0 Å². The van der Waals surface area contributed by atoms with Crippen LogP contribution in [0.1, 0.15) is 72.1 Å². The van der Waals surface area contributed by atoms with Gasteiger partial charge in [-0.3, -0.25) is 0 Å². The van der Waals surface area contributed by atoms with Gasteiger partial charge in [-0.05, 0) is 73.0 Å². The molecule has 3 N–H and O–H groups in total. The van der Waals surface area contributed by atoms with Crippen LogP contribution in [0.5, 0.6) is 0 Å². The van der Waals surface area contributed by atoms with Gasteiger partial charge in [0.25, 0.3) is 0 Å². The molecule has 4 heteroatoms. The molecule has 3 aliphatic carbocycles. The van der Waals surface area contributed by atoms with Crippen molar-refractivity contribution in [1.29, 1.82) is 0 Å². The van der Waals surface area contributed by atoms with E-state index < -0.39 is 17.8 Å². The Morgan fingerprint density at radius 2 is 2.00 bits per heavy atom. The molecule has 0 spiro atoms. The van der Waals surface area contributed by atoms with Crippen molar-refractivity contribution >= 4 is 0 Å². The lowest BCUT2D eigenvalue weighted by atomic mass is 9.64. The lowest BCUT2D eigenvalue weighted by Crippen LogP contribution is -2.35. The standard InChI is InChI=1S/C26H40O4/c1-5-26(29,6-2)17-30-16-21-11-12-23-19(8-7-13-25(21,23)4)9-10-20-14-22(27)15-24(28)18(20)3/h9-11,22-24,27-29H,3,5-8,12-17H2,1-2,4H3/b19-9+,20-10-/t22-,23+,24+,25-/m1/s1. The maximum absolute atomic E-state index is 10.5. The Hall–Kier alpha value is -1.20. The molecular formula is C26H40O4. The molecule has 30 heavy (non-hydrogen) atoms. The summed E-state index contributed by atoms with van der Waals surface area (Å²) < 4.78 is 5.99. The summed E-state index contributed by atoms with van der Waals surface area (Å²) in [7, 11) is 0. The minimum Gasteiger partial charge on any atom is -0.393 e. The van der Waals surface area contributed by atoms with E-state index in [-0.39, 0.29) is 5.41 Å². The van der Waals surface area contributed by atoms with Crippen molar-refractivity contribution in [3.05, 3.63) is 47.1 Å². The first-order valence-corrected chi connectivity index (χ1v) is 11.7. The molecular weight excluding hydrogens is 376 g/mol. The van der Waals surface area contributed by atoms with Crippen LogP contribution in [0, 0.1) is 11.3 Å². The monoisotopic (exact) mass is 416 g/mol. The lowest BCUT2D eigenvalue weighted by molar-refractivity contribution is -0.0484. The van der Waals surface area contributed by atoms with E-state index in [0.29, 0.717) is 44.8 Å². The quantitative estimate of drug-likeness (QED) is 0.530. The summed E-state index contributed by atoms with van der Waals surface area (Å²) >= 11 is 0. The van der Waals surface area contributed by atoms with Gasteiger partial charge in [-0.25, -0.2) is 0 Å². The molecule has 4 atom stereocenters. The Balaban J connectivity index is 1.68. The maximum atomic E-state index is 10.5. The number of hydrogen-bond donors (Lipinski definition) is 3. The molecule has 0 amide bonds. The van der Waals surface area contributed by atoms with E-state index in [1.165, 1.54) is 11.1 Å². The molecule has 0 aromatic rings. The highest BCUT2D eigenvalue weighted by Gasteiger charge is 2.44. The third-order valence-corrected chi connectivity index (χ3v) is 7.92. The van der Waals surface area contributed by atoms with E-state index in [2.05, 4.69) is 31.7 Å². The van der Waals surface area contributed by atoms with Crippen LogP contribution in [0.25, 0.3) is 0 Å². The van der Waals surface area contributed by atoms with Gasteiger partial charge in [-0.2, -0.15) is 0 Å². The lowest BCUT2D eigenvalue weighted by Gasteiger charge is -2.41. The topological polar surface area (TPSA) is 69.9 Å². The van der Waals surface area contributed by atoms with Crippen LogP contribution in [0.4, 0.5) is 0 Å². The summed E-state index contributed by atoms with van der Waals surface area (Å²) in [5.74, 6) is 0.477. The Kier molecular flexibility index (Phi) is 7.44. The van der Waals surface area contributed by atoms with Crippen molar-refractivity contribution < 1.29 is 20.1 Å². The molecule has 0 saturated heterocycles. The van der Waals surface area contributed by atoms with Crippen molar-refractivity contribution in [3.63, 3.8) is 0 Å². The molecule has 4 nitrogen and oxygen atoms in total. The van der Waals surface area contributed by atoms with Crippen molar-refractivity contribution in [2.24, 2.45) is 11.3 Å². The number of allylic oxidation sites excluding steroid dienone is 4. The molecule has 0 radical (unpaired) electrons. The zero-order chi connectivity index (χ0) is 21.9. The van der Waals surface area contributed by atoms with Gasteiger partial charge in [0.1, 0.15) is 0 Å². The number of fused-ring (bicyclic) bond motifs is 1. The molecule has 0 aliphatic heterocycles. The predicted molar refractivity (Wildman–Crippen MR) is 121 cm³/mol. The van der Waals surface area contributed by atoms with Crippen molar-refractivity contribution in [1.82, 2.24) is 0 Å². The molecule has 3 rings (SSSR count). The first-order valence-electron chi connectivity index (χ1n) is 11.7. The second-order valence-corrected chi connectivity index (χ2v) is 9.78. The molecule has 0 aromatic carbocycles. The number of aliphatic hydroxyl groups is 3. The highest BCUT2D eigenvalue weighted by atomic mass is 16.5. The molecule has 2 saturated carbocycles. The highest BCUT2D eigenvalue weighted by molar-refractivity contribution is 5.40. The van der Waals surface area contributed by atoms with Crippen molar-refractivity contribution in [2.75, 3.05) is 13.2 Å². The SMILES string of the molecule is C=C1/C(=C\C=C2/CCC[C@]3(C)C(COCC(O)(CC)CC)=CC[C@@H]23)C[C@@H](O)C[C@@H]1O. The third kappa shape index (κ3) is 4.83. The van der Waals surface area contributed by atoms with Crippen molar-refractivity contribution in [2.45, 2.75) is 89.9 Å². The number of ether oxygens (including phenoxy) is 1. The van der Waals surface area contributed by atoms with E-state index in [1.807, 2.05) is 13.8 Å². The second kappa shape index (κ2) is 9.52. The van der Waals surface area contributed by atoms with E-state index in [9.17, 15) is 15.3 Å². The largest absolute Gasteiger partial charge is 0.393 e. The average molecular weight is 417 g/mol. The smallest absolute Gasteiger partial charge is 0.0875 e. The minimum atomic E-state index is -0.721. The Bertz CT molecular complexity index is 727. The normalized spacial score (nSPS) is 35.1. The van der Waals surface area contributed by atoms with Gasteiger partial charge in [-0.1, -0.05) is 51.2 Å². The van der Waals surface area contributed by atoms with E-state index in [0.717, 1.165) is 36.8 Å². The molecule has 168 valence electrons. The van der Waals surface area contributed by atoms with E-state index in [1.54, 1.807) is 0 Å². The summed E-state index contributed by atoms with van der Waals surface area (Å²) in [6.07, 6.45) is 12.3. The molecule has 0 aromatic heterocycles. The zero-order valence-electron chi connectivity index (χ0n) is 19.0. The average Bonchev–Trinajstić information content (AvgIpc) is 3.06. The van der Waals surface area contributed by atoms with Gasteiger partial charge in [0.05, 0.1) is 31.0 Å². The van der Waals surface area contributed by atoms with E-state index >= 15 is 0 Å². The number of rotatable bonds is 7. The van der Waals surface area contributed by atoms with Gasteiger partial charge in [0.15, 0.2) is 0 Å². The second-order valence-electron chi connectivity index (χ2n) is 9.78. The first-order chi connectivity index (χ1) is 14.2. The summed E-state index contributed by atoms with van der Waals surface area (Å²) in [6, 6.07) is 0. The number of aliphatic hydroxyl groups excluding tert-OH is 2. The Morgan fingerprint density at radius 1 is 1.27 bits per heavy atom. The maximum Gasteiger partial charge on any atom is 0.0875 e. The van der Waals surface area contributed by atoms with Gasteiger partial charge >= 0.3 is 0 Å². The van der Waals surface area contributed by atoms with Gasteiger partial charge < -0.3 is 20.1 Å². The summed E-state index contributed by atoms with van der Waals surface area (Å²) in [4.78, 5) is 0. The number of hydrogen-bond acceptors (Lipinski definition) is 4. The summed E-state index contributed by atoms with van der Waals surface area (Å²) in [5.41, 5.74) is 3.92. The molecule has 0 unspecified atom stereocenters. The first kappa shape index (κ1) is 23.5. The van der Waals surface area contributed by atoms with Crippen LogP contribution in [0.15, 0.2) is 47.1 Å². The fourth-order valence-corrected chi connectivity index (χ4v) is 5.40. The fourth-order valence-electron chi connectivity index (χ4n) is 5.40. The van der Waals surface area contributed by atoms with Crippen LogP contribution in [0.2, 0.25) is 0 Å². The fraction of sp³-hybridized carbons (Fsp3) is 0.692. The molecule has 3 aliphatic rings. The molecule has 0 heterocycles. The molecule has 2 fully saturated rings. The Labute approximate surface area is 182 Å². The highest BCUT2D eigenvalue weighted by Crippen LogP contribution is 2.54. The zero-order valence-corrected chi connectivity index (χ0v) is 19.0. The van der Waals surface area contributed by atoms with Crippen LogP contribution in [-0.4, -0.2) is 46.3 Å². The third-order valence-electron chi connectivity index (χ3n) is 7.92.